The number of hydrogen-bond donors (Lipinski definition) is 1. The van der Waals surface area contributed by atoms with E-state index in [0.717, 1.165) is 0 Å². The van der Waals surface area contributed by atoms with Crippen molar-refractivity contribution in [3.05, 3.63) is 30.0 Å². The first-order valence-corrected chi connectivity index (χ1v) is 4.90. The molecule has 2 rings (SSSR count). The summed E-state index contributed by atoms with van der Waals surface area (Å²) in [5, 5.41) is 12.8. The van der Waals surface area contributed by atoms with Gasteiger partial charge in [-0.25, -0.2) is 23.8 Å². The Balaban J connectivity index is 2.40. The van der Waals surface area contributed by atoms with Crippen LogP contribution in [-0.4, -0.2) is 37.9 Å². The lowest BCUT2D eigenvalue weighted by Gasteiger charge is -1.99. The van der Waals surface area contributed by atoms with Gasteiger partial charge in [-0.1, -0.05) is 0 Å². The lowest BCUT2D eigenvalue weighted by atomic mass is 10.3. The van der Waals surface area contributed by atoms with Crippen molar-refractivity contribution in [3.8, 4) is 11.6 Å². The maximum absolute atomic E-state index is 12.2. The Hall–Kier alpha value is -2.51. The third kappa shape index (κ3) is 2.12. The normalized spacial score (nSPS) is 10.3. The number of aromatic carboxylic acids is 1. The minimum Gasteiger partial charge on any atom is -0.479 e. The lowest BCUT2D eigenvalue weighted by molar-refractivity contribution is 0.0693. The van der Waals surface area contributed by atoms with Crippen LogP contribution in [0.3, 0.4) is 0 Å². The molecule has 0 aliphatic heterocycles. The second-order valence-electron chi connectivity index (χ2n) is 3.29. The van der Waals surface area contributed by atoms with E-state index in [2.05, 4.69) is 15.1 Å². The van der Waals surface area contributed by atoms with Gasteiger partial charge < -0.3 is 9.84 Å². The van der Waals surface area contributed by atoms with E-state index in [9.17, 15) is 9.18 Å². The van der Waals surface area contributed by atoms with Crippen LogP contribution in [0.1, 0.15) is 16.2 Å². The van der Waals surface area contributed by atoms with Crippen molar-refractivity contribution in [2.75, 3.05) is 7.11 Å². The SMILES string of the molecule is COc1nn(-c2cnc(CF)nc2)cc1C(=O)O. The largest absolute Gasteiger partial charge is 0.479 e. The third-order valence-electron chi connectivity index (χ3n) is 2.18. The van der Waals surface area contributed by atoms with Crippen LogP contribution in [0.5, 0.6) is 5.88 Å². The number of halogens is 1. The minimum absolute atomic E-state index is 0.0166. The molecule has 1 N–H and O–H groups in total. The first kappa shape index (κ1) is 12.0. The highest BCUT2D eigenvalue weighted by atomic mass is 19.1. The molecule has 0 atom stereocenters. The van der Waals surface area contributed by atoms with E-state index in [4.69, 9.17) is 9.84 Å². The highest BCUT2D eigenvalue weighted by molar-refractivity contribution is 5.90. The van der Waals surface area contributed by atoms with Crippen LogP contribution in [0, 0.1) is 0 Å². The predicted molar refractivity (Wildman–Crippen MR) is 57.5 cm³/mol. The molecule has 7 nitrogen and oxygen atoms in total. The number of ether oxygens (including phenoxy) is 1. The summed E-state index contributed by atoms with van der Waals surface area (Å²) in [5.74, 6) is -1.12. The highest BCUT2D eigenvalue weighted by Crippen LogP contribution is 2.17. The Bertz CT molecular complexity index is 567. The fraction of sp³-hybridized carbons (Fsp3) is 0.200. The number of nitrogens with zero attached hydrogens (tertiary/aromatic N) is 4. The van der Waals surface area contributed by atoms with Gasteiger partial charge in [0.05, 0.1) is 19.5 Å². The molecule has 18 heavy (non-hydrogen) atoms. The number of hydrogen-bond acceptors (Lipinski definition) is 5. The summed E-state index contributed by atoms with van der Waals surface area (Å²) in [6.45, 7) is -0.761. The van der Waals surface area contributed by atoms with Gasteiger partial charge in [0, 0.05) is 6.20 Å². The van der Waals surface area contributed by atoms with Gasteiger partial charge in [0.25, 0.3) is 0 Å². The summed E-state index contributed by atoms with van der Waals surface area (Å²) in [4.78, 5) is 18.4. The number of carboxylic acids is 1. The molecule has 0 saturated heterocycles. The summed E-state index contributed by atoms with van der Waals surface area (Å²) in [6, 6.07) is 0. The smallest absolute Gasteiger partial charge is 0.342 e. The quantitative estimate of drug-likeness (QED) is 0.867. The van der Waals surface area contributed by atoms with Gasteiger partial charge in [-0.05, 0) is 0 Å². The fourth-order valence-electron chi connectivity index (χ4n) is 1.32. The van der Waals surface area contributed by atoms with Crippen LogP contribution in [0.4, 0.5) is 4.39 Å². The summed E-state index contributed by atoms with van der Waals surface area (Å²) in [7, 11) is 1.32. The molecule has 0 aliphatic carbocycles. The molecule has 0 aromatic carbocycles. The average molecular weight is 252 g/mol. The molecule has 94 valence electrons. The van der Waals surface area contributed by atoms with Gasteiger partial charge in [0.2, 0.25) is 5.88 Å². The van der Waals surface area contributed by atoms with Gasteiger partial charge in [-0.15, -0.1) is 5.10 Å². The number of methoxy groups -OCH3 is 1. The van der Waals surface area contributed by atoms with Crippen LogP contribution in [0.2, 0.25) is 0 Å². The van der Waals surface area contributed by atoms with Crippen molar-refractivity contribution < 1.29 is 19.0 Å². The molecule has 8 heteroatoms. The van der Waals surface area contributed by atoms with Crippen molar-refractivity contribution in [1.82, 2.24) is 19.7 Å². The molecule has 0 unspecified atom stereocenters. The summed E-state index contributed by atoms with van der Waals surface area (Å²) in [5.41, 5.74) is 0.338. The van der Waals surface area contributed by atoms with E-state index in [1.807, 2.05) is 0 Å². The Morgan fingerprint density at radius 1 is 1.50 bits per heavy atom. The van der Waals surface area contributed by atoms with Crippen LogP contribution in [-0.2, 0) is 6.67 Å². The number of aromatic nitrogens is 4. The molecule has 2 aromatic heterocycles. The van der Waals surface area contributed by atoms with Gasteiger partial charge in [0.1, 0.15) is 17.9 Å². The topological polar surface area (TPSA) is 90.1 Å². The molecular weight excluding hydrogens is 243 g/mol. The molecular formula is C10H9FN4O3. The zero-order valence-corrected chi connectivity index (χ0v) is 9.37. The lowest BCUT2D eigenvalue weighted by Crippen LogP contribution is -1.99. The van der Waals surface area contributed by atoms with E-state index in [0.29, 0.717) is 5.69 Å². The van der Waals surface area contributed by atoms with Crippen molar-refractivity contribution in [1.29, 1.82) is 0 Å². The first-order valence-electron chi connectivity index (χ1n) is 4.90. The number of carboxylic acid groups (broad SMARTS) is 1. The minimum atomic E-state index is -1.15. The van der Waals surface area contributed by atoms with Gasteiger partial charge >= 0.3 is 5.97 Å². The molecule has 2 heterocycles. The Kier molecular flexibility index (Phi) is 3.18. The molecule has 0 aliphatic rings. The molecule has 0 fully saturated rings. The van der Waals surface area contributed by atoms with Crippen LogP contribution < -0.4 is 4.74 Å². The number of alkyl halides is 1. The second-order valence-corrected chi connectivity index (χ2v) is 3.29. The van der Waals surface area contributed by atoms with Crippen LogP contribution in [0.25, 0.3) is 5.69 Å². The Labute approximate surface area is 101 Å². The Morgan fingerprint density at radius 2 is 2.17 bits per heavy atom. The third-order valence-corrected chi connectivity index (χ3v) is 2.18. The van der Waals surface area contributed by atoms with Crippen LogP contribution >= 0.6 is 0 Å². The van der Waals surface area contributed by atoms with Crippen molar-refractivity contribution in [2.45, 2.75) is 6.67 Å². The summed E-state index contributed by atoms with van der Waals surface area (Å²) in [6.07, 6.45) is 3.97. The van der Waals surface area contributed by atoms with Crippen molar-refractivity contribution in [3.63, 3.8) is 0 Å². The predicted octanol–water partition coefficient (Wildman–Crippen LogP) is 0.839. The highest BCUT2D eigenvalue weighted by Gasteiger charge is 2.16. The van der Waals surface area contributed by atoms with Gasteiger partial charge in [0.15, 0.2) is 5.82 Å². The summed E-state index contributed by atoms with van der Waals surface area (Å²) < 4.78 is 18.3. The number of carbonyl (C=O) groups is 1. The molecule has 2 aromatic rings. The summed E-state index contributed by atoms with van der Waals surface area (Å²) >= 11 is 0. The molecule has 0 bridgehead atoms. The Morgan fingerprint density at radius 3 is 2.61 bits per heavy atom. The second kappa shape index (κ2) is 4.78. The molecule has 0 amide bonds. The average Bonchev–Trinajstić information content (AvgIpc) is 2.83. The van der Waals surface area contributed by atoms with E-state index in [1.165, 1.54) is 30.4 Å². The zero-order valence-electron chi connectivity index (χ0n) is 9.37. The van der Waals surface area contributed by atoms with E-state index < -0.39 is 12.6 Å². The van der Waals surface area contributed by atoms with E-state index in [-0.39, 0.29) is 17.3 Å². The monoisotopic (exact) mass is 252 g/mol. The van der Waals surface area contributed by atoms with E-state index in [1.54, 1.807) is 0 Å². The van der Waals surface area contributed by atoms with Gasteiger partial charge in [-0.2, -0.15) is 0 Å². The maximum atomic E-state index is 12.2. The zero-order chi connectivity index (χ0) is 13.1. The van der Waals surface area contributed by atoms with Crippen molar-refractivity contribution in [2.24, 2.45) is 0 Å². The maximum Gasteiger partial charge on any atom is 0.342 e. The molecule has 0 radical (unpaired) electrons. The fourth-order valence-corrected chi connectivity index (χ4v) is 1.32. The van der Waals surface area contributed by atoms with E-state index >= 15 is 0 Å². The van der Waals surface area contributed by atoms with Crippen LogP contribution in [0.15, 0.2) is 18.6 Å². The number of rotatable bonds is 4. The molecule has 0 spiro atoms. The van der Waals surface area contributed by atoms with Crippen molar-refractivity contribution >= 4 is 5.97 Å². The first-order chi connectivity index (χ1) is 8.65. The molecule has 0 saturated carbocycles. The van der Waals surface area contributed by atoms with Gasteiger partial charge in [-0.3, -0.25) is 0 Å². The standard InChI is InChI=1S/C10H9FN4O3/c1-18-9-7(10(16)17)5-15(14-9)6-3-12-8(2-11)13-4-6/h3-5H,2H2,1H3,(H,16,17).